The number of nitrogens with zero attached hydrogens (tertiary/aromatic N) is 5. The SMILES string of the molecule is CN/N=C(/Cc1ccc(F)c(C(=O)N2CCN(C(=O)CN3CCC(OC4CCN(C(=O)CC5CCCCC5)CC4)CC3)CC2)c1)c1ccccc1C=O. The molecule has 0 spiro atoms. The lowest BCUT2D eigenvalue weighted by molar-refractivity contribution is -0.138. The van der Waals surface area contributed by atoms with Gasteiger partial charge in [0.25, 0.3) is 5.91 Å². The number of nitrogens with one attached hydrogen (secondary N) is 1. The Balaban J connectivity index is 0.914. The number of rotatable bonds is 12. The van der Waals surface area contributed by atoms with Crippen molar-refractivity contribution >= 4 is 29.7 Å². The molecule has 0 unspecified atom stereocenters. The lowest BCUT2D eigenvalue weighted by Crippen LogP contribution is -2.53. The number of hydrogen-bond acceptors (Lipinski definition) is 8. The monoisotopic (exact) mass is 730 g/mol. The molecule has 2 aromatic rings. The van der Waals surface area contributed by atoms with Gasteiger partial charge in [0.2, 0.25) is 11.8 Å². The summed E-state index contributed by atoms with van der Waals surface area (Å²) >= 11 is 0. The highest BCUT2D eigenvalue weighted by Crippen LogP contribution is 2.28. The summed E-state index contributed by atoms with van der Waals surface area (Å²) in [6, 6.07) is 11.6. The van der Waals surface area contributed by atoms with Crippen LogP contribution in [0.1, 0.15) is 96.1 Å². The maximum Gasteiger partial charge on any atom is 0.256 e. The fraction of sp³-hybridized carbons (Fsp3) is 0.585. The van der Waals surface area contributed by atoms with Gasteiger partial charge in [-0.25, -0.2) is 4.39 Å². The quantitative estimate of drug-likeness (QED) is 0.194. The normalized spacial score (nSPS) is 20.0. The highest BCUT2D eigenvalue weighted by Gasteiger charge is 2.31. The molecule has 4 aliphatic rings. The van der Waals surface area contributed by atoms with E-state index in [1.54, 1.807) is 41.1 Å². The molecule has 3 amide bonds. The highest BCUT2D eigenvalue weighted by molar-refractivity contribution is 6.07. The number of piperidine rings is 2. The molecular formula is C41H55FN6O5. The van der Waals surface area contributed by atoms with Crippen molar-refractivity contribution in [1.29, 1.82) is 0 Å². The maximum absolute atomic E-state index is 15.0. The number of likely N-dealkylation sites (tertiary alicyclic amines) is 2. The lowest BCUT2D eigenvalue weighted by atomic mass is 9.86. The Labute approximate surface area is 312 Å². The summed E-state index contributed by atoms with van der Waals surface area (Å²) in [7, 11) is 1.67. The average molecular weight is 731 g/mol. The molecule has 12 heteroatoms. The Morgan fingerprint density at radius 2 is 1.43 bits per heavy atom. The Morgan fingerprint density at radius 3 is 2.11 bits per heavy atom. The van der Waals surface area contributed by atoms with Crippen LogP contribution in [0.4, 0.5) is 4.39 Å². The first-order chi connectivity index (χ1) is 25.8. The summed E-state index contributed by atoms with van der Waals surface area (Å²) in [5, 5.41) is 4.36. The van der Waals surface area contributed by atoms with Gasteiger partial charge in [0.15, 0.2) is 6.29 Å². The summed E-state index contributed by atoms with van der Waals surface area (Å²) in [5.41, 5.74) is 5.20. The second kappa shape index (κ2) is 18.7. The number of halogens is 1. The molecule has 0 atom stereocenters. The molecule has 0 aromatic heterocycles. The maximum atomic E-state index is 15.0. The van der Waals surface area contributed by atoms with Gasteiger partial charge in [-0.05, 0) is 62.1 Å². The van der Waals surface area contributed by atoms with Gasteiger partial charge in [-0.2, -0.15) is 5.10 Å². The van der Waals surface area contributed by atoms with Gasteiger partial charge in [-0.15, -0.1) is 0 Å². The fourth-order valence-corrected chi connectivity index (χ4v) is 8.34. The van der Waals surface area contributed by atoms with E-state index in [4.69, 9.17) is 4.74 Å². The molecule has 1 saturated carbocycles. The number of hydrazone groups is 1. The van der Waals surface area contributed by atoms with Gasteiger partial charge in [0, 0.05) is 83.4 Å². The number of hydrogen-bond donors (Lipinski definition) is 1. The van der Waals surface area contributed by atoms with Gasteiger partial charge < -0.3 is 24.9 Å². The van der Waals surface area contributed by atoms with Crippen molar-refractivity contribution in [1.82, 2.24) is 25.0 Å². The van der Waals surface area contributed by atoms with E-state index in [9.17, 15) is 19.2 Å². The molecule has 53 heavy (non-hydrogen) atoms. The first-order valence-electron chi connectivity index (χ1n) is 19.6. The van der Waals surface area contributed by atoms with Crippen molar-refractivity contribution in [2.24, 2.45) is 11.0 Å². The number of carbonyl (C=O) groups is 4. The summed E-state index contributed by atoms with van der Waals surface area (Å²) in [5.74, 6) is -0.0729. The summed E-state index contributed by atoms with van der Waals surface area (Å²) < 4.78 is 21.5. The van der Waals surface area contributed by atoms with Crippen LogP contribution in [0.15, 0.2) is 47.6 Å². The Bertz CT molecular complexity index is 1610. The molecule has 0 bridgehead atoms. The average Bonchev–Trinajstić information content (AvgIpc) is 3.19. The number of ether oxygens (including phenoxy) is 1. The number of piperazine rings is 1. The van der Waals surface area contributed by atoms with Crippen LogP contribution >= 0.6 is 0 Å². The van der Waals surface area contributed by atoms with E-state index in [1.165, 1.54) is 38.2 Å². The van der Waals surface area contributed by atoms with Gasteiger partial charge in [0.05, 0.1) is 30.0 Å². The van der Waals surface area contributed by atoms with Crippen molar-refractivity contribution in [2.45, 2.75) is 82.8 Å². The van der Waals surface area contributed by atoms with Crippen molar-refractivity contribution in [2.75, 3.05) is 66.0 Å². The van der Waals surface area contributed by atoms with Crippen LogP contribution in [-0.2, 0) is 20.7 Å². The number of carbonyl (C=O) groups excluding carboxylic acids is 4. The summed E-state index contributed by atoms with van der Waals surface area (Å²) in [6.45, 7) is 4.95. The second-order valence-corrected chi connectivity index (χ2v) is 15.1. The van der Waals surface area contributed by atoms with Crippen molar-refractivity contribution in [3.8, 4) is 0 Å². The molecule has 3 saturated heterocycles. The second-order valence-electron chi connectivity index (χ2n) is 15.1. The highest BCUT2D eigenvalue weighted by atomic mass is 19.1. The van der Waals surface area contributed by atoms with Crippen LogP contribution in [0.5, 0.6) is 0 Å². The van der Waals surface area contributed by atoms with E-state index in [-0.39, 0.29) is 23.7 Å². The van der Waals surface area contributed by atoms with Crippen LogP contribution in [-0.4, -0.2) is 127 Å². The van der Waals surface area contributed by atoms with Gasteiger partial charge in [0.1, 0.15) is 5.82 Å². The van der Waals surface area contributed by atoms with Crippen LogP contribution < -0.4 is 5.43 Å². The van der Waals surface area contributed by atoms with Crippen LogP contribution in [0.3, 0.4) is 0 Å². The molecule has 4 fully saturated rings. The van der Waals surface area contributed by atoms with Crippen LogP contribution in [0.2, 0.25) is 0 Å². The van der Waals surface area contributed by atoms with Crippen LogP contribution in [0.25, 0.3) is 0 Å². The lowest BCUT2D eigenvalue weighted by Gasteiger charge is -2.38. The molecular weight excluding hydrogens is 675 g/mol. The minimum Gasteiger partial charge on any atom is -0.375 e. The first-order valence-corrected chi connectivity index (χ1v) is 19.6. The topological polar surface area (TPSA) is 115 Å². The van der Waals surface area contributed by atoms with E-state index in [2.05, 4.69) is 15.4 Å². The third kappa shape index (κ3) is 10.3. The van der Waals surface area contributed by atoms with Crippen molar-refractivity contribution in [3.63, 3.8) is 0 Å². The molecule has 3 aliphatic heterocycles. The largest absolute Gasteiger partial charge is 0.375 e. The standard InChI is InChI=1S/C41H55FN6O5/c1-43-44-38(35-10-6-5-9-32(35)29-49)26-31-11-12-37(42)36(25-31)41(52)48-23-21-47(22-24-48)40(51)28-45-17-13-33(14-18-45)53-34-15-19-46(20-16-34)39(50)27-30-7-3-2-4-8-30/h5-6,9-12,25,29-30,33-34,43H,2-4,7-8,13-24,26-28H2,1H3/b44-38-. The van der Waals surface area contributed by atoms with Crippen molar-refractivity contribution in [3.05, 3.63) is 70.5 Å². The van der Waals surface area contributed by atoms with Crippen LogP contribution in [0, 0.1) is 11.7 Å². The third-order valence-corrected chi connectivity index (χ3v) is 11.5. The smallest absolute Gasteiger partial charge is 0.256 e. The molecule has 1 aliphatic carbocycles. The van der Waals surface area contributed by atoms with Crippen molar-refractivity contribution < 1.29 is 28.3 Å². The minimum absolute atomic E-state index is 0.0199. The van der Waals surface area contributed by atoms with Gasteiger partial charge >= 0.3 is 0 Å². The van der Waals surface area contributed by atoms with E-state index < -0.39 is 11.7 Å². The number of benzene rings is 2. The van der Waals surface area contributed by atoms with E-state index in [1.807, 2.05) is 17.0 Å². The minimum atomic E-state index is -0.601. The van der Waals surface area contributed by atoms with E-state index >= 15 is 4.39 Å². The third-order valence-electron chi connectivity index (χ3n) is 11.5. The Hall–Kier alpha value is -4.16. The zero-order valence-corrected chi connectivity index (χ0v) is 31.1. The predicted octanol–water partition coefficient (Wildman–Crippen LogP) is 4.53. The molecule has 2 aromatic carbocycles. The molecule has 6 rings (SSSR count). The van der Waals surface area contributed by atoms with Gasteiger partial charge in [-0.1, -0.05) is 49.6 Å². The van der Waals surface area contributed by atoms with E-state index in [0.29, 0.717) is 79.8 Å². The Kier molecular flexibility index (Phi) is 13.6. The van der Waals surface area contributed by atoms with Gasteiger partial charge in [-0.3, -0.25) is 24.1 Å². The molecule has 3 heterocycles. The predicted molar refractivity (Wildman–Crippen MR) is 201 cm³/mol. The molecule has 1 N–H and O–H groups in total. The zero-order chi connectivity index (χ0) is 37.2. The zero-order valence-electron chi connectivity index (χ0n) is 31.1. The molecule has 11 nitrogen and oxygen atoms in total. The number of amides is 3. The van der Waals surface area contributed by atoms with E-state index in [0.717, 1.165) is 58.1 Å². The molecule has 0 radical (unpaired) electrons. The fourth-order valence-electron chi connectivity index (χ4n) is 8.34. The Morgan fingerprint density at radius 1 is 0.792 bits per heavy atom. The number of aldehydes is 1. The molecule has 286 valence electrons. The summed E-state index contributed by atoms with van der Waals surface area (Å²) in [6.07, 6.45) is 11.9. The first kappa shape index (κ1) is 38.6. The summed E-state index contributed by atoms with van der Waals surface area (Å²) in [4.78, 5) is 58.9.